The van der Waals surface area contributed by atoms with Gasteiger partial charge in [0.1, 0.15) is 24.2 Å². The maximum Gasteiger partial charge on any atom is 0.246 e. The fraction of sp³-hybridized carbons (Fsp3) is 0.714. The van der Waals surface area contributed by atoms with Crippen LogP contribution in [0.25, 0.3) is 0 Å². The molecule has 1 N–H and O–H groups in total. The molecule has 7 nitrogen and oxygen atoms in total. The fourth-order valence-electron chi connectivity index (χ4n) is 2.66. The Morgan fingerprint density at radius 2 is 2.10 bits per heavy atom. The average Bonchev–Trinajstić information content (AvgIpc) is 2.87. The van der Waals surface area contributed by atoms with Crippen LogP contribution >= 0.6 is 0 Å². The highest BCUT2D eigenvalue weighted by atomic mass is 16.2. The molecule has 1 saturated heterocycles. The first-order valence-electron chi connectivity index (χ1n) is 7.43. The first-order valence-corrected chi connectivity index (χ1v) is 7.43. The molecule has 1 aliphatic rings. The lowest BCUT2D eigenvalue weighted by Gasteiger charge is -2.41. The lowest BCUT2D eigenvalue weighted by atomic mass is 9.93. The van der Waals surface area contributed by atoms with Crippen LogP contribution in [0.15, 0.2) is 6.33 Å². The average molecular weight is 293 g/mol. The van der Waals surface area contributed by atoms with E-state index in [1.54, 1.807) is 16.6 Å². The van der Waals surface area contributed by atoms with Crippen LogP contribution in [0.5, 0.6) is 0 Å². The summed E-state index contributed by atoms with van der Waals surface area (Å²) < 4.78 is 1.63. The number of aromatic nitrogens is 3. The first-order chi connectivity index (χ1) is 9.99. The Kier molecular flexibility index (Phi) is 4.59. The Morgan fingerprint density at radius 3 is 2.62 bits per heavy atom. The van der Waals surface area contributed by atoms with Gasteiger partial charge in [-0.2, -0.15) is 5.10 Å². The smallest absolute Gasteiger partial charge is 0.246 e. The van der Waals surface area contributed by atoms with Crippen LogP contribution in [0, 0.1) is 5.92 Å². The highest BCUT2D eigenvalue weighted by Crippen LogP contribution is 2.22. The summed E-state index contributed by atoms with van der Waals surface area (Å²) in [6, 6.07) is -0.881. The van der Waals surface area contributed by atoms with E-state index in [-0.39, 0.29) is 17.7 Å². The van der Waals surface area contributed by atoms with Gasteiger partial charge in [-0.1, -0.05) is 27.2 Å². The Morgan fingerprint density at radius 1 is 1.38 bits per heavy atom. The van der Waals surface area contributed by atoms with Crippen LogP contribution in [0.2, 0.25) is 0 Å². The number of carbonyl (C=O) groups excluding carboxylic acids is 2. The first kappa shape index (κ1) is 15.5. The molecule has 21 heavy (non-hydrogen) atoms. The molecule has 1 aliphatic heterocycles. The molecule has 1 fully saturated rings. The zero-order valence-electron chi connectivity index (χ0n) is 13.0. The quantitative estimate of drug-likeness (QED) is 0.855. The standard InChI is InChI=1S/C14H23N5O2/c1-5-9(3)12-13(20)17-10(6-2)14(21)19(12)7-11-15-8-16-18(11)4/h8-10,12H,5-7H2,1-4H3,(H,17,20). The second-order valence-corrected chi connectivity index (χ2v) is 5.57. The largest absolute Gasteiger partial charge is 0.343 e. The SMILES string of the molecule is CCC1NC(=O)C(C(C)CC)N(Cc2ncnn2C)C1=O. The molecule has 1 aromatic heterocycles. The second-order valence-electron chi connectivity index (χ2n) is 5.57. The van der Waals surface area contributed by atoms with Crippen molar-refractivity contribution in [2.75, 3.05) is 0 Å². The molecule has 0 aliphatic carbocycles. The van der Waals surface area contributed by atoms with Gasteiger partial charge in [-0.25, -0.2) is 4.98 Å². The van der Waals surface area contributed by atoms with E-state index >= 15 is 0 Å². The minimum absolute atomic E-state index is 0.0367. The summed E-state index contributed by atoms with van der Waals surface area (Å²) in [6.07, 6.45) is 2.88. The zero-order chi connectivity index (χ0) is 15.6. The van der Waals surface area contributed by atoms with E-state index in [1.807, 2.05) is 20.8 Å². The third-order valence-electron chi connectivity index (χ3n) is 4.21. The molecule has 0 radical (unpaired) electrons. The number of carbonyl (C=O) groups is 2. The van der Waals surface area contributed by atoms with Gasteiger partial charge in [-0.05, 0) is 12.3 Å². The van der Waals surface area contributed by atoms with Gasteiger partial charge in [0, 0.05) is 7.05 Å². The van der Waals surface area contributed by atoms with Crippen LogP contribution in [-0.4, -0.2) is 43.6 Å². The highest BCUT2D eigenvalue weighted by Gasteiger charge is 2.42. The van der Waals surface area contributed by atoms with Crippen molar-refractivity contribution >= 4 is 11.8 Å². The second kappa shape index (κ2) is 6.24. The summed E-state index contributed by atoms with van der Waals surface area (Å²) >= 11 is 0. The maximum absolute atomic E-state index is 12.6. The van der Waals surface area contributed by atoms with Crippen LogP contribution in [0.4, 0.5) is 0 Å². The van der Waals surface area contributed by atoms with Crippen LogP contribution in [0.3, 0.4) is 0 Å². The monoisotopic (exact) mass is 293 g/mol. The molecule has 1 aromatic rings. The molecule has 2 heterocycles. The van der Waals surface area contributed by atoms with Crippen molar-refractivity contribution in [3.8, 4) is 0 Å². The molecule has 0 bridgehead atoms. The van der Waals surface area contributed by atoms with E-state index in [1.165, 1.54) is 6.33 Å². The summed E-state index contributed by atoms with van der Waals surface area (Å²) in [5.74, 6) is 0.671. The van der Waals surface area contributed by atoms with E-state index in [9.17, 15) is 9.59 Å². The van der Waals surface area contributed by atoms with Gasteiger partial charge in [0.15, 0.2) is 0 Å². The molecule has 7 heteroatoms. The normalized spacial score (nSPS) is 24.1. The van der Waals surface area contributed by atoms with E-state index < -0.39 is 12.1 Å². The van der Waals surface area contributed by atoms with Gasteiger partial charge in [-0.3, -0.25) is 14.3 Å². The van der Waals surface area contributed by atoms with Gasteiger partial charge in [0.05, 0.1) is 6.54 Å². The summed E-state index contributed by atoms with van der Waals surface area (Å²) in [6.45, 7) is 6.23. The Labute approximate surface area is 124 Å². The van der Waals surface area contributed by atoms with Crippen molar-refractivity contribution in [1.29, 1.82) is 0 Å². The number of hydrogen-bond acceptors (Lipinski definition) is 4. The number of aryl methyl sites for hydroxylation is 1. The third kappa shape index (κ3) is 2.91. The topological polar surface area (TPSA) is 80.1 Å². The molecule has 0 aromatic carbocycles. The van der Waals surface area contributed by atoms with Crippen molar-refractivity contribution in [3.05, 3.63) is 12.2 Å². The maximum atomic E-state index is 12.6. The molecule has 2 amide bonds. The summed E-state index contributed by atoms with van der Waals surface area (Å²) in [5, 5.41) is 6.85. The molecule has 3 unspecified atom stereocenters. The van der Waals surface area contributed by atoms with Crippen molar-refractivity contribution < 1.29 is 9.59 Å². The zero-order valence-corrected chi connectivity index (χ0v) is 13.0. The predicted molar refractivity (Wildman–Crippen MR) is 77.0 cm³/mol. The van der Waals surface area contributed by atoms with Crippen molar-refractivity contribution in [3.63, 3.8) is 0 Å². The predicted octanol–water partition coefficient (Wildman–Crippen LogP) is 0.467. The Balaban J connectivity index is 2.31. The minimum Gasteiger partial charge on any atom is -0.343 e. The molecule has 0 saturated carbocycles. The number of rotatable bonds is 5. The Hall–Kier alpha value is -1.92. The molecule has 0 spiro atoms. The molecule has 3 atom stereocenters. The number of nitrogens with one attached hydrogen (secondary N) is 1. The minimum atomic E-state index is -0.443. The van der Waals surface area contributed by atoms with Gasteiger partial charge in [-0.15, -0.1) is 0 Å². The Bertz CT molecular complexity index is 527. The van der Waals surface area contributed by atoms with Gasteiger partial charge in [0.25, 0.3) is 0 Å². The molecule has 2 rings (SSSR count). The lowest BCUT2D eigenvalue weighted by molar-refractivity contribution is -0.152. The number of piperazine rings is 1. The summed E-state index contributed by atoms with van der Waals surface area (Å²) in [5.41, 5.74) is 0. The van der Waals surface area contributed by atoms with Crippen molar-refractivity contribution in [1.82, 2.24) is 25.0 Å². The van der Waals surface area contributed by atoms with Gasteiger partial charge >= 0.3 is 0 Å². The summed E-state index contributed by atoms with van der Waals surface area (Å²) in [4.78, 5) is 30.8. The van der Waals surface area contributed by atoms with E-state index in [0.717, 1.165) is 6.42 Å². The number of hydrogen-bond donors (Lipinski definition) is 1. The van der Waals surface area contributed by atoms with Crippen molar-refractivity contribution in [2.45, 2.75) is 52.2 Å². The van der Waals surface area contributed by atoms with E-state index in [4.69, 9.17) is 0 Å². The highest BCUT2D eigenvalue weighted by molar-refractivity contribution is 5.97. The van der Waals surface area contributed by atoms with Crippen molar-refractivity contribution in [2.24, 2.45) is 13.0 Å². The van der Waals surface area contributed by atoms with Crippen LogP contribution < -0.4 is 5.32 Å². The van der Waals surface area contributed by atoms with Gasteiger partial charge < -0.3 is 10.2 Å². The van der Waals surface area contributed by atoms with E-state index in [2.05, 4.69) is 15.4 Å². The van der Waals surface area contributed by atoms with Gasteiger partial charge in [0.2, 0.25) is 11.8 Å². The summed E-state index contributed by atoms with van der Waals surface area (Å²) in [7, 11) is 1.78. The number of amides is 2. The molecular weight excluding hydrogens is 270 g/mol. The third-order valence-corrected chi connectivity index (χ3v) is 4.21. The van der Waals surface area contributed by atoms with Crippen LogP contribution in [0.1, 0.15) is 39.4 Å². The van der Waals surface area contributed by atoms with E-state index in [0.29, 0.717) is 18.8 Å². The lowest BCUT2D eigenvalue weighted by Crippen LogP contribution is -2.64. The number of nitrogens with zero attached hydrogens (tertiary/aromatic N) is 4. The fourth-order valence-corrected chi connectivity index (χ4v) is 2.66. The molecule has 116 valence electrons. The van der Waals surface area contributed by atoms with Crippen LogP contribution in [-0.2, 0) is 23.2 Å². The molecular formula is C14H23N5O2.